The number of methoxy groups -OCH3 is 1. The van der Waals surface area contributed by atoms with Crippen molar-refractivity contribution in [3.05, 3.63) is 29.8 Å². The molecule has 0 spiro atoms. The van der Waals surface area contributed by atoms with Gasteiger partial charge in [0, 0.05) is 7.05 Å². The highest BCUT2D eigenvalue weighted by atomic mass is 32.2. The number of rotatable bonds is 5. The third-order valence-corrected chi connectivity index (χ3v) is 3.33. The first-order valence-electron chi connectivity index (χ1n) is 5.23. The molecule has 0 atom stereocenters. The minimum Gasteiger partial charge on any atom is -0.496 e. The van der Waals surface area contributed by atoms with Crippen molar-refractivity contribution in [1.29, 1.82) is 0 Å². The fourth-order valence-corrected chi connectivity index (χ4v) is 2.16. The van der Waals surface area contributed by atoms with Crippen LogP contribution in [0.15, 0.2) is 29.4 Å². The van der Waals surface area contributed by atoms with Gasteiger partial charge >= 0.3 is 0 Å². The zero-order valence-corrected chi connectivity index (χ0v) is 10.8. The van der Waals surface area contributed by atoms with Crippen molar-refractivity contribution < 1.29 is 9.53 Å². The topological polar surface area (TPSA) is 69.9 Å². The number of ketones is 1. The van der Waals surface area contributed by atoms with Crippen molar-refractivity contribution in [3.8, 4) is 5.75 Å². The maximum Gasteiger partial charge on any atom is 0.209 e. The Labute approximate surface area is 108 Å². The van der Waals surface area contributed by atoms with E-state index in [1.165, 1.54) is 16.4 Å². The summed E-state index contributed by atoms with van der Waals surface area (Å²) in [6, 6.07) is 7.15. The van der Waals surface area contributed by atoms with Gasteiger partial charge < -0.3 is 4.74 Å². The highest BCUT2D eigenvalue weighted by Crippen LogP contribution is 2.21. The number of carbonyl (C=O) groups is 1. The van der Waals surface area contributed by atoms with E-state index in [9.17, 15) is 4.79 Å². The summed E-state index contributed by atoms with van der Waals surface area (Å²) in [5, 5.41) is 11.6. The third-order valence-electron chi connectivity index (χ3n) is 2.32. The highest BCUT2D eigenvalue weighted by Gasteiger charge is 2.13. The molecule has 0 radical (unpaired) electrons. The molecule has 0 aliphatic carbocycles. The predicted molar refractivity (Wildman–Crippen MR) is 66.8 cm³/mol. The lowest BCUT2D eigenvalue weighted by Gasteiger charge is -2.06. The molecule has 0 aliphatic heterocycles. The van der Waals surface area contributed by atoms with Crippen LogP contribution in [0.4, 0.5) is 0 Å². The van der Waals surface area contributed by atoms with E-state index in [0.29, 0.717) is 16.5 Å². The van der Waals surface area contributed by atoms with Crippen molar-refractivity contribution in [2.45, 2.75) is 5.16 Å². The zero-order chi connectivity index (χ0) is 13.0. The standard InChI is InChI=1S/C11H12N4O2S/c1-15-11(12-13-14-15)18-7-9(16)8-5-3-4-6-10(8)17-2/h3-6H,7H2,1-2H3. The summed E-state index contributed by atoms with van der Waals surface area (Å²) in [7, 11) is 3.28. The summed E-state index contributed by atoms with van der Waals surface area (Å²) in [5.41, 5.74) is 0.572. The van der Waals surface area contributed by atoms with E-state index in [2.05, 4.69) is 15.5 Å². The van der Waals surface area contributed by atoms with Gasteiger partial charge in [0.1, 0.15) is 5.75 Å². The van der Waals surface area contributed by atoms with E-state index >= 15 is 0 Å². The molecule has 18 heavy (non-hydrogen) atoms. The average Bonchev–Trinajstić information content (AvgIpc) is 2.81. The fraction of sp³-hybridized carbons (Fsp3) is 0.273. The summed E-state index contributed by atoms with van der Waals surface area (Å²) < 4.78 is 6.68. The molecule has 0 saturated heterocycles. The molecule has 0 unspecified atom stereocenters. The third kappa shape index (κ3) is 2.67. The van der Waals surface area contributed by atoms with Crippen molar-refractivity contribution in [1.82, 2.24) is 20.2 Å². The Morgan fingerprint density at radius 3 is 2.89 bits per heavy atom. The van der Waals surface area contributed by atoms with Gasteiger partial charge in [-0.2, -0.15) is 0 Å². The van der Waals surface area contributed by atoms with E-state index in [0.717, 1.165) is 0 Å². The Morgan fingerprint density at radius 2 is 2.22 bits per heavy atom. The van der Waals surface area contributed by atoms with Gasteiger partial charge in [-0.3, -0.25) is 4.79 Å². The number of hydrogen-bond acceptors (Lipinski definition) is 6. The molecule has 1 aromatic carbocycles. The largest absolute Gasteiger partial charge is 0.496 e. The van der Waals surface area contributed by atoms with Crippen molar-refractivity contribution >= 4 is 17.5 Å². The van der Waals surface area contributed by atoms with Crippen molar-refractivity contribution in [2.24, 2.45) is 7.05 Å². The maximum atomic E-state index is 12.1. The summed E-state index contributed by atoms with van der Waals surface area (Å²) in [5.74, 6) is 0.842. The molecule has 0 amide bonds. The van der Waals surface area contributed by atoms with E-state index in [1.54, 1.807) is 26.3 Å². The van der Waals surface area contributed by atoms with E-state index in [1.807, 2.05) is 12.1 Å². The molecular formula is C11H12N4O2S. The molecule has 1 aromatic heterocycles. The number of benzene rings is 1. The fourth-order valence-electron chi connectivity index (χ4n) is 1.43. The van der Waals surface area contributed by atoms with Crippen molar-refractivity contribution in [3.63, 3.8) is 0 Å². The lowest BCUT2D eigenvalue weighted by Crippen LogP contribution is -2.06. The molecule has 2 rings (SSSR count). The molecule has 0 saturated carbocycles. The average molecular weight is 264 g/mol. The Balaban J connectivity index is 2.06. The SMILES string of the molecule is COc1ccccc1C(=O)CSc1nnnn1C. The van der Waals surface area contributed by atoms with Crippen LogP contribution in [0.25, 0.3) is 0 Å². The van der Waals surface area contributed by atoms with Gasteiger partial charge in [0.05, 0.1) is 18.4 Å². The lowest BCUT2D eigenvalue weighted by atomic mass is 10.1. The first-order valence-corrected chi connectivity index (χ1v) is 6.22. The first kappa shape index (κ1) is 12.6. The second-order valence-electron chi connectivity index (χ2n) is 3.50. The molecule has 0 fully saturated rings. The first-order chi connectivity index (χ1) is 8.72. The van der Waals surface area contributed by atoms with Crippen LogP contribution in [-0.2, 0) is 7.05 Å². The lowest BCUT2D eigenvalue weighted by molar-refractivity contribution is 0.101. The van der Waals surface area contributed by atoms with E-state index in [4.69, 9.17) is 4.74 Å². The van der Waals surface area contributed by atoms with Gasteiger partial charge in [0.25, 0.3) is 0 Å². The van der Waals surface area contributed by atoms with Crippen LogP contribution in [0, 0.1) is 0 Å². The maximum absolute atomic E-state index is 12.1. The van der Waals surface area contributed by atoms with Gasteiger partial charge in [0.15, 0.2) is 5.78 Å². The summed E-state index contributed by atoms with van der Waals surface area (Å²) in [6.45, 7) is 0. The Morgan fingerprint density at radius 1 is 1.44 bits per heavy atom. The van der Waals surface area contributed by atoms with Gasteiger partial charge in [-0.15, -0.1) is 5.10 Å². The smallest absolute Gasteiger partial charge is 0.209 e. The monoisotopic (exact) mass is 264 g/mol. The van der Waals surface area contributed by atoms with Crippen LogP contribution in [0.3, 0.4) is 0 Å². The number of ether oxygens (including phenoxy) is 1. The van der Waals surface area contributed by atoms with E-state index < -0.39 is 0 Å². The molecule has 0 bridgehead atoms. The number of aryl methyl sites for hydroxylation is 1. The number of tetrazole rings is 1. The zero-order valence-electron chi connectivity index (χ0n) is 10.0. The van der Waals surface area contributed by atoms with Crippen LogP contribution >= 0.6 is 11.8 Å². The van der Waals surface area contributed by atoms with Crippen LogP contribution < -0.4 is 4.74 Å². The van der Waals surface area contributed by atoms with Crippen LogP contribution in [0.1, 0.15) is 10.4 Å². The Hall–Kier alpha value is -1.89. The summed E-state index contributed by atoms with van der Waals surface area (Å²) >= 11 is 1.30. The number of aromatic nitrogens is 4. The van der Waals surface area contributed by atoms with E-state index in [-0.39, 0.29) is 11.5 Å². The highest BCUT2D eigenvalue weighted by molar-refractivity contribution is 7.99. The molecular weight excluding hydrogens is 252 g/mol. The second kappa shape index (κ2) is 5.63. The number of para-hydroxylation sites is 1. The number of hydrogen-bond donors (Lipinski definition) is 0. The molecule has 0 N–H and O–H groups in total. The number of thioether (sulfide) groups is 1. The minimum atomic E-state index is -0.0135. The summed E-state index contributed by atoms with van der Waals surface area (Å²) in [4.78, 5) is 12.1. The summed E-state index contributed by atoms with van der Waals surface area (Å²) in [6.07, 6.45) is 0. The Kier molecular flexibility index (Phi) is 3.93. The molecule has 7 heteroatoms. The Bertz CT molecular complexity index is 555. The van der Waals surface area contributed by atoms with Gasteiger partial charge in [-0.05, 0) is 22.6 Å². The predicted octanol–water partition coefficient (Wildman–Crippen LogP) is 1.19. The second-order valence-corrected chi connectivity index (χ2v) is 4.44. The molecule has 0 aliphatic rings. The molecule has 1 heterocycles. The normalized spacial score (nSPS) is 10.3. The minimum absolute atomic E-state index is 0.0135. The molecule has 6 nitrogen and oxygen atoms in total. The van der Waals surface area contributed by atoms with Crippen LogP contribution in [0.5, 0.6) is 5.75 Å². The number of carbonyl (C=O) groups excluding carboxylic acids is 1. The quantitative estimate of drug-likeness (QED) is 0.597. The molecule has 94 valence electrons. The van der Waals surface area contributed by atoms with Gasteiger partial charge in [-0.25, -0.2) is 4.68 Å². The van der Waals surface area contributed by atoms with Gasteiger partial charge in [-0.1, -0.05) is 23.9 Å². The number of nitrogens with zero attached hydrogens (tertiary/aromatic N) is 4. The van der Waals surface area contributed by atoms with Crippen molar-refractivity contribution in [2.75, 3.05) is 12.9 Å². The molecule has 2 aromatic rings. The van der Waals surface area contributed by atoms with Crippen LogP contribution in [0.2, 0.25) is 0 Å². The van der Waals surface area contributed by atoms with Gasteiger partial charge in [0.2, 0.25) is 5.16 Å². The van der Waals surface area contributed by atoms with Crippen LogP contribution in [-0.4, -0.2) is 38.9 Å². The number of Topliss-reactive ketones (excluding diaryl/α,β-unsaturated/α-hetero) is 1.